The molecule has 0 aliphatic heterocycles. The molecule has 0 aliphatic carbocycles. The van der Waals surface area contributed by atoms with Crippen molar-refractivity contribution in [2.75, 3.05) is 45.8 Å². The molecule has 1 aromatic rings. The summed E-state index contributed by atoms with van der Waals surface area (Å²) in [5, 5.41) is 5.23. The zero-order valence-corrected chi connectivity index (χ0v) is 17.0. The Morgan fingerprint density at radius 3 is 2.36 bits per heavy atom. The molecule has 1 aromatic carbocycles. The average Bonchev–Trinajstić information content (AvgIpc) is 2.70. The molecule has 3 amide bonds. The van der Waals surface area contributed by atoms with E-state index in [0.717, 1.165) is 19.3 Å². The van der Waals surface area contributed by atoms with Gasteiger partial charge in [0.05, 0.1) is 26.8 Å². The van der Waals surface area contributed by atoms with Gasteiger partial charge in [0.1, 0.15) is 5.75 Å². The SMILES string of the molecule is CCCCCC(=O)N(CCOC)CC(=O)NCC(=O)Nc1ccc(OC)cc1. The summed E-state index contributed by atoms with van der Waals surface area (Å²) in [5.74, 6) is -0.129. The third-order valence-corrected chi connectivity index (χ3v) is 4.07. The molecule has 0 aliphatic rings. The van der Waals surface area contributed by atoms with Gasteiger partial charge in [-0.1, -0.05) is 19.8 Å². The smallest absolute Gasteiger partial charge is 0.243 e. The minimum Gasteiger partial charge on any atom is -0.497 e. The van der Waals surface area contributed by atoms with Gasteiger partial charge in [0.2, 0.25) is 17.7 Å². The van der Waals surface area contributed by atoms with Crippen molar-refractivity contribution in [3.8, 4) is 5.75 Å². The molecule has 0 saturated carbocycles. The molecule has 0 saturated heterocycles. The molecule has 0 radical (unpaired) electrons. The molecule has 0 atom stereocenters. The molecule has 28 heavy (non-hydrogen) atoms. The van der Waals surface area contributed by atoms with Crippen LogP contribution < -0.4 is 15.4 Å². The quantitative estimate of drug-likeness (QED) is 0.498. The second-order valence-corrected chi connectivity index (χ2v) is 6.32. The van der Waals surface area contributed by atoms with Crippen molar-refractivity contribution in [3.05, 3.63) is 24.3 Å². The van der Waals surface area contributed by atoms with Crippen molar-refractivity contribution in [3.63, 3.8) is 0 Å². The minimum atomic E-state index is -0.384. The van der Waals surface area contributed by atoms with Gasteiger partial charge in [-0.15, -0.1) is 0 Å². The van der Waals surface area contributed by atoms with Crippen LogP contribution in [0.25, 0.3) is 0 Å². The van der Waals surface area contributed by atoms with Gasteiger partial charge < -0.3 is 25.0 Å². The lowest BCUT2D eigenvalue weighted by atomic mass is 10.2. The number of nitrogens with zero attached hydrogens (tertiary/aromatic N) is 1. The fourth-order valence-electron chi connectivity index (χ4n) is 2.47. The number of rotatable bonds is 13. The van der Waals surface area contributed by atoms with Gasteiger partial charge in [-0.3, -0.25) is 14.4 Å². The molecule has 1 rings (SSSR count). The van der Waals surface area contributed by atoms with Gasteiger partial charge in [-0.2, -0.15) is 0 Å². The largest absolute Gasteiger partial charge is 0.497 e. The van der Waals surface area contributed by atoms with Gasteiger partial charge in [0.25, 0.3) is 0 Å². The van der Waals surface area contributed by atoms with Crippen molar-refractivity contribution >= 4 is 23.4 Å². The Kier molecular flexibility index (Phi) is 11.3. The first-order valence-corrected chi connectivity index (χ1v) is 9.47. The van der Waals surface area contributed by atoms with Gasteiger partial charge in [0.15, 0.2) is 0 Å². The first kappa shape index (κ1) is 23.4. The van der Waals surface area contributed by atoms with Crippen molar-refractivity contribution in [1.29, 1.82) is 0 Å². The van der Waals surface area contributed by atoms with Crippen molar-refractivity contribution in [2.24, 2.45) is 0 Å². The lowest BCUT2D eigenvalue weighted by molar-refractivity contribution is -0.136. The van der Waals surface area contributed by atoms with Crippen LogP contribution in [-0.2, 0) is 19.1 Å². The molecule has 0 bridgehead atoms. The van der Waals surface area contributed by atoms with Crippen LogP contribution in [0.1, 0.15) is 32.6 Å². The van der Waals surface area contributed by atoms with Gasteiger partial charge in [0, 0.05) is 25.8 Å². The van der Waals surface area contributed by atoms with Crippen LogP contribution in [0.2, 0.25) is 0 Å². The van der Waals surface area contributed by atoms with E-state index in [1.54, 1.807) is 38.5 Å². The summed E-state index contributed by atoms with van der Waals surface area (Å²) in [5.41, 5.74) is 0.605. The summed E-state index contributed by atoms with van der Waals surface area (Å²) in [7, 11) is 3.11. The second kappa shape index (κ2) is 13.5. The van der Waals surface area contributed by atoms with E-state index >= 15 is 0 Å². The number of amides is 3. The molecule has 0 spiro atoms. The first-order valence-electron chi connectivity index (χ1n) is 9.47. The molecule has 8 heteroatoms. The number of carbonyl (C=O) groups excluding carboxylic acids is 3. The molecule has 0 aromatic heterocycles. The number of benzene rings is 1. The highest BCUT2D eigenvalue weighted by Crippen LogP contribution is 2.14. The summed E-state index contributed by atoms with van der Waals surface area (Å²) in [6, 6.07) is 6.87. The van der Waals surface area contributed by atoms with E-state index in [4.69, 9.17) is 9.47 Å². The molecule has 0 heterocycles. The molecule has 0 unspecified atom stereocenters. The maximum atomic E-state index is 12.3. The topological polar surface area (TPSA) is 97.0 Å². The third-order valence-electron chi connectivity index (χ3n) is 4.07. The molecule has 0 fully saturated rings. The monoisotopic (exact) mass is 393 g/mol. The summed E-state index contributed by atoms with van der Waals surface area (Å²) < 4.78 is 10.1. The van der Waals surface area contributed by atoms with Crippen molar-refractivity contribution in [2.45, 2.75) is 32.6 Å². The molecular formula is C20H31N3O5. The maximum Gasteiger partial charge on any atom is 0.243 e. The Labute approximate surface area is 166 Å². The van der Waals surface area contributed by atoms with E-state index in [1.807, 2.05) is 0 Å². The average molecular weight is 393 g/mol. The summed E-state index contributed by atoms with van der Waals surface area (Å²) in [6.45, 7) is 2.49. The highest BCUT2D eigenvalue weighted by atomic mass is 16.5. The third kappa shape index (κ3) is 9.36. The second-order valence-electron chi connectivity index (χ2n) is 6.32. The Balaban J connectivity index is 2.44. The predicted molar refractivity (Wildman–Crippen MR) is 107 cm³/mol. The normalized spacial score (nSPS) is 10.2. The number of nitrogens with one attached hydrogen (secondary N) is 2. The Morgan fingerprint density at radius 2 is 1.75 bits per heavy atom. The number of hydrogen-bond donors (Lipinski definition) is 2. The Morgan fingerprint density at radius 1 is 1.04 bits per heavy atom. The van der Waals surface area contributed by atoms with Crippen molar-refractivity contribution < 1.29 is 23.9 Å². The van der Waals surface area contributed by atoms with E-state index < -0.39 is 0 Å². The van der Waals surface area contributed by atoms with E-state index in [2.05, 4.69) is 17.6 Å². The van der Waals surface area contributed by atoms with Crippen molar-refractivity contribution in [1.82, 2.24) is 10.2 Å². The minimum absolute atomic E-state index is 0.0802. The lowest BCUT2D eigenvalue weighted by Gasteiger charge is -2.22. The zero-order chi connectivity index (χ0) is 20.8. The number of unbranched alkanes of at least 4 members (excludes halogenated alkanes) is 2. The van der Waals surface area contributed by atoms with E-state index in [0.29, 0.717) is 31.0 Å². The lowest BCUT2D eigenvalue weighted by Crippen LogP contribution is -2.44. The number of anilines is 1. The summed E-state index contributed by atoms with van der Waals surface area (Å²) in [4.78, 5) is 37.9. The van der Waals surface area contributed by atoms with Gasteiger partial charge in [-0.05, 0) is 30.7 Å². The molecular weight excluding hydrogens is 362 g/mol. The molecule has 2 N–H and O–H groups in total. The van der Waals surface area contributed by atoms with Crippen LogP contribution in [0.15, 0.2) is 24.3 Å². The van der Waals surface area contributed by atoms with Crippen LogP contribution in [0.3, 0.4) is 0 Å². The standard InChI is InChI=1S/C20H31N3O5/c1-4-5-6-7-20(26)23(12-13-27-2)15-19(25)21-14-18(24)22-16-8-10-17(28-3)11-9-16/h8-11H,4-7,12-15H2,1-3H3,(H,21,25)(H,22,24). The maximum absolute atomic E-state index is 12.3. The van der Waals surface area contributed by atoms with E-state index in [9.17, 15) is 14.4 Å². The van der Waals surface area contributed by atoms with Crippen LogP contribution in [0.5, 0.6) is 5.75 Å². The number of ether oxygens (including phenoxy) is 2. The molecule has 156 valence electrons. The number of carbonyl (C=O) groups is 3. The van der Waals surface area contributed by atoms with Crippen LogP contribution >= 0.6 is 0 Å². The van der Waals surface area contributed by atoms with Crippen LogP contribution in [0, 0.1) is 0 Å². The highest BCUT2D eigenvalue weighted by molar-refractivity contribution is 5.95. The van der Waals surface area contributed by atoms with Crippen LogP contribution in [0.4, 0.5) is 5.69 Å². The zero-order valence-electron chi connectivity index (χ0n) is 17.0. The summed E-state index contributed by atoms with van der Waals surface area (Å²) in [6.07, 6.45) is 3.20. The highest BCUT2D eigenvalue weighted by Gasteiger charge is 2.17. The van der Waals surface area contributed by atoms with Crippen LogP contribution in [-0.4, -0.2) is 63.1 Å². The Bertz CT molecular complexity index is 619. The summed E-state index contributed by atoms with van der Waals surface area (Å²) >= 11 is 0. The number of hydrogen-bond acceptors (Lipinski definition) is 5. The van der Waals surface area contributed by atoms with Gasteiger partial charge >= 0.3 is 0 Å². The number of methoxy groups -OCH3 is 2. The molecule has 8 nitrogen and oxygen atoms in total. The fraction of sp³-hybridized carbons (Fsp3) is 0.550. The van der Waals surface area contributed by atoms with E-state index in [-0.39, 0.29) is 30.8 Å². The Hall–Kier alpha value is -2.61. The first-order chi connectivity index (χ1) is 13.5. The van der Waals surface area contributed by atoms with E-state index in [1.165, 1.54) is 4.90 Å². The predicted octanol–water partition coefficient (Wildman–Crippen LogP) is 1.81. The fourth-order valence-corrected chi connectivity index (χ4v) is 2.47. The van der Waals surface area contributed by atoms with Gasteiger partial charge in [-0.25, -0.2) is 0 Å².